The number of hydrogen-bond acceptors (Lipinski definition) is 2. The Bertz CT molecular complexity index is 613. The Balaban J connectivity index is 1.96. The largest absolute Gasteiger partial charge is 0.382 e. The summed E-state index contributed by atoms with van der Waals surface area (Å²) in [5.41, 5.74) is 0.915. The Hall–Kier alpha value is -1.41. The molecule has 1 fully saturated rings. The molecule has 2 heteroatoms. The van der Waals surface area contributed by atoms with Gasteiger partial charge in [0, 0.05) is 11.8 Å². The van der Waals surface area contributed by atoms with E-state index in [2.05, 4.69) is 30.3 Å². The van der Waals surface area contributed by atoms with Crippen molar-refractivity contribution in [2.75, 3.05) is 0 Å². The zero-order chi connectivity index (χ0) is 13.4. The number of Topliss-reactive ketones (excluding diaryl/α,β-unsaturated/α-hetero) is 1. The van der Waals surface area contributed by atoms with Gasteiger partial charge in [0.1, 0.15) is 5.60 Å². The maximum atomic E-state index is 12.7. The molecule has 0 aliphatic heterocycles. The molecule has 0 spiro atoms. The third-order valence-corrected chi connectivity index (χ3v) is 5.63. The van der Waals surface area contributed by atoms with E-state index < -0.39 is 11.0 Å². The number of ketones is 1. The summed E-state index contributed by atoms with van der Waals surface area (Å²) in [6.07, 6.45) is 5.10. The lowest BCUT2D eigenvalue weighted by molar-refractivity contribution is -0.161. The molecule has 4 aliphatic carbocycles. The smallest absolute Gasteiger partial charge is 0.174 e. The molecule has 1 saturated carbocycles. The Kier molecular flexibility index (Phi) is 1.91. The summed E-state index contributed by atoms with van der Waals surface area (Å²) in [5, 5.41) is 10.6. The summed E-state index contributed by atoms with van der Waals surface area (Å²) < 4.78 is 0. The van der Waals surface area contributed by atoms with Gasteiger partial charge in [-0.25, -0.2) is 0 Å². The molecule has 0 amide bonds. The molecule has 1 aromatic carbocycles. The van der Waals surface area contributed by atoms with Gasteiger partial charge in [-0.3, -0.25) is 4.79 Å². The van der Waals surface area contributed by atoms with Crippen molar-refractivity contribution in [1.29, 1.82) is 0 Å². The molecule has 4 aliphatic rings. The van der Waals surface area contributed by atoms with E-state index in [1.54, 1.807) is 6.92 Å². The minimum Gasteiger partial charge on any atom is -0.382 e. The number of hydrogen-bond donors (Lipinski definition) is 1. The van der Waals surface area contributed by atoms with Crippen LogP contribution in [-0.2, 0) is 11.2 Å². The minimum atomic E-state index is -1.20. The van der Waals surface area contributed by atoms with Crippen LogP contribution in [0.15, 0.2) is 36.4 Å². The summed E-state index contributed by atoms with van der Waals surface area (Å²) in [6, 6.07) is 8.43. The first kappa shape index (κ1) is 11.4. The normalized spacial score (nSPS) is 46.3. The monoisotopic (exact) mass is 254 g/mol. The number of carbonyl (C=O) groups excluding carboxylic acids is 1. The fourth-order valence-electron chi connectivity index (χ4n) is 4.80. The summed E-state index contributed by atoms with van der Waals surface area (Å²) in [7, 11) is 0. The average molecular weight is 254 g/mol. The molecule has 0 unspecified atom stereocenters. The molecule has 0 heterocycles. The number of benzene rings is 1. The van der Waals surface area contributed by atoms with E-state index in [4.69, 9.17) is 0 Å². The molecule has 2 nitrogen and oxygen atoms in total. The summed E-state index contributed by atoms with van der Waals surface area (Å²) in [5.74, 6) is 0.552. The molecule has 0 radical (unpaired) electrons. The van der Waals surface area contributed by atoms with Gasteiger partial charge in [0.25, 0.3) is 0 Å². The van der Waals surface area contributed by atoms with Crippen LogP contribution >= 0.6 is 0 Å². The third-order valence-electron chi connectivity index (χ3n) is 5.63. The molecular formula is C17H18O2. The first-order valence-electron chi connectivity index (χ1n) is 7.00. The Morgan fingerprint density at radius 1 is 1.26 bits per heavy atom. The predicted octanol–water partition coefficient (Wildman–Crippen LogP) is 2.47. The number of aliphatic hydroxyl groups is 1. The fourth-order valence-corrected chi connectivity index (χ4v) is 4.80. The maximum Gasteiger partial charge on any atom is 0.174 e. The molecule has 0 saturated heterocycles. The Labute approximate surface area is 113 Å². The van der Waals surface area contributed by atoms with Gasteiger partial charge in [0.05, 0.1) is 5.41 Å². The molecular weight excluding hydrogens is 236 g/mol. The Morgan fingerprint density at radius 2 is 2.00 bits per heavy atom. The van der Waals surface area contributed by atoms with Crippen molar-refractivity contribution in [3.63, 3.8) is 0 Å². The van der Waals surface area contributed by atoms with Gasteiger partial charge in [-0.15, -0.1) is 0 Å². The van der Waals surface area contributed by atoms with E-state index in [9.17, 15) is 9.90 Å². The molecule has 1 aromatic rings. The summed E-state index contributed by atoms with van der Waals surface area (Å²) >= 11 is 0. The van der Waals surface area contributed by atoms with Crippen LogP contribution in [0.2, 0.25) is 0 Å². The third kappa shape index (κ3) is 1.14. The van der Waals surface area contributed by atoms with Gasteiger partial charge in [-0.1, -0.05) is 36.4 Å². The molecule has 98 valence electrons. The first-order chi connectivity index (χ1) is 8.96. The van der Waals surface area contributed by atoms with E-state index in [-0.39, 0.29) is 17.6 Å². The highest BCUT2D eigenvalue weighted by Crippen LogP contribution is 2.62. The van der Waals surface area contributed by atoms with Crippen LogP contribution in [0, 0.1) is 17.3 Å². The van der Waals surface area contributed by atoms with Crippen LogP contribution in [0.5, 0.6) is 0 Å². The maximum absolute atomic E-state index is 12.7. The number of allylic oxidation sites excluding steroid dienone is 1. The van der Waals surface area contributed by atoms with Gasteiger partial charge in [0.15, 0.2) is 5.78 Å². The van der Waals surface area contributed by atoms with Crippen LogP contribution in [-0.4, -0.2) is 16.5 Å². The van der Waals surface area contributed by atoms with Crippen molar-refractivity contribution in [1.82, 2.24) is 0 Å². The van der Waals surface area contributed by atoms with Crippen molar-refractivity contribution in [3.05, 3.63) is 47.5 Å². The van der Waals surface area contributed by atoms with Crippen LogP contribution in [0.4, 0.5) is 0 Å². The van der Waals surface area contributed by atoms with Crippen LogP contribution in [0.1, 0.15) is 30.9 Å². The van der Waals surface area contributed by atoms with E-state index >= 15 is 0 Å². The SMILES string of the molecule is C[C@@]1(O)C(=O)[C@@]2(C)C=C[C@@H]1[C@@H]1Cc3ccccc3[C@@H]12. The van der Waals surface area contributed by atoms with Crippen LogP contribution in [0.25, 0.3) is 0 Å². The molecule has 5 atom stereocenters. The van der Waals surface area contributed by atoms with Gasteiger partial charge < -0.3 is 5.11 Å². The van der Waals surface area contributed by atoms with Gasteiger partial charge in [-0.2, -0.15) is 0 Å². The first-order valence-corrected chi connectivity index (χ1v) is 7.00. The Morgan fingerprint density at radius 3 is 2.79 bits per heavy atom. The van der Waals surface area contributed by atoms with Gasteiger partial charge in [-0.05, 0) is 37.3 Å². The molecule has 1 N–H and O–H groups in total. The van der Waals surface area contributed by atoms with Crippen molar-refractivity contribution in [2.45, 2.75) is 31.8 Å². The van der Waals surface area contributed by atoms with Crippen LogP contribution < -0.4 is 0 Å². The van der Waals surface area contributed by atoms with Crippen LogP contribution in [0.3, 0.4) is 0 Å². The number of rotatable bonds is 0. The highest BCUT2D eigenvalue weighted by molar-refractivity contribution is 5.97. The molecule has 0 aromatic heterocycles. The summed E-state index contributed by atoms with van der Waals surface area (Å²) in [6.45, 7) is 3.69. The standard InChI is InChI=1S/C17H18O2/c1-16-8-7-13(17(2,19)15(16)18)12-9-10-5-3-4-6-11(10)14(12)16/h3-8,12-14,19H,9H2,1-2H3/t12-,13+,14-,16-,17-/m0/s1. The second-order valence-electron chi connectivity index (χ2n) is 6.69. The lowest BCUT2D eigenvalue weighted by Gasteiger charge is -2.54. The lowest BCUT2D eigenvalue weighted by atomic mass is 9.49. The highest BCUT2D eigenvalue weighted by atomic mass is 16.3. The topological polar surface area (TPSA) is 37.3 Å². The molecule has 5 rings (SSSR count). The number of carbonyl (C=O) groups is 1. The fraction of sp³-hybridized carbons (Fsp3) is 0.471. The lowest BCUT2D eigenvalue weighted by Crippen LogP contribution is -2.62. The van der Waals surface area contributed by atoms with Gasteiger partial charge in [0.2, 0.25) is 0 Å². The van der Waals surface area contributed by atoms with Crippen molar-refractivity contribution >= 4 is 5.78 Å². The van der Waals surface area contributed by atoms with Crippen molar-refractivity contribution < 1.29 is 9.90 Å². The molecule has 19 heavy (non-hydrogen) atoms. The quantitative estimate of drug-likeness (QED) is 0.722. The molecule has 2 bridgehead atoms. The van der Waals surface area contributed by atoms with E-state index in [0.29, 0.717) is 5.92 Å². The van der Waals surface area contributed by atoms with E-state index in [0.717, 1.165) is 6.42 Å². The van der Waals surface area contributed by atoms with Crippen molar-refractivity contribution in [3.8, 4) is 0 Å². The highest BCUT2D eigenvalue weighted by Gasteiger charge is 2.64. The predicted molar refractivity (Wildman–Crippen MR) is 72.7 cm³/mol. The minimum absolute atomic E-state index is 0.00884. The zero-order valence-corrected chi connectivity index (χ0v) is 11.3. The van der Waals surface area contributed by atoms with Gasteiger partial charge >= 0.3 is 0 Å². The average Bonchev–Trinajstić information content (AvgIpc) is 2.76. The van der Waals surface area contributed by atoms with E-state index in [1.165, 1.54) is 11.1 Å². The zero-order valence-electron chi connectivity index (χ0n) is 11.3. The van der Waals surface area contributed by atoms with E-state index in [1.807, 2.05) is 13.0 Å². The summed E-state index contributed by atoms with van der Waals surface area (Å²) in [4.78, 5) is 12.7. The van der Waals surface area contributed by atoms with Crippen molar-refractivity contribution in [2.24, 2.45) is 17.3 Å². The number of fused-ring (bicyclic) bond motifs is 2. The second-order valence-corrected chi connectivity index (χ2v) is 6.69. The second kappa shape index (κ2) is 3.18.